The van der Waals surface area contributed by atoms with Crippen molar-refractivity contribution in [2.24, 2.45) is 0 Å². The summed E-state index contributed by atoms with van der Waals surface area (Å²) in [6, 6.07) is 10.6. The monoisotopic (exact) mass is 358 g/mol. The van der Waals surface area contributed by atoms with E-state index >= 15 is 0 Å². The summed E-state index contributed by atoms with van der Waals surface area (Å²) in [6.07, 6.45) is 4.67. The number of hydrogen-bond donors (Lipinski definition) is 0. The van der Waals surface area contributed by atoms with Gasteiger partial charge in [-0.3, -0.25) is 9.69 Å². The van der Waals surface area contributed by atoms with Gasteiger partial charge in [0.25, 0.3) is 0 Å². The zero-order chi connectivity index (χ0) is 17.8. The number of carbonyl (C=O) groups excluding carboxylic acids is 1. The molecule has 5 nitrogen and oxygen atoms in total. The number of hydrogen-bond acceptors (Lipinski definition) is 4. The highest BCUT2D eigenvalue weighted by Crippen LogP contribution is 2.37. The second-order valence-electron chi connectivity index (χ2n) is 7.87. The van der Waals surface area contributed by atoms with E-state index in [1.54, 1.807) is 0 Å². The molecule has 1 aromatic rings. The van der Waals surface area contributed by atoms with Gasteiger partial charge in [0.2, 0.25) is 5.91 Å². The van der Waals surface area contributed by atoms with Crippen molar-refractivity contribution in [3.8, 4) is 0 Å². The van der Waals surface area contributed by atoms with Crippen LogP contribution in [0.2, 0.25) is 0 Å². The van der Waals surface area contributed by atoms with Gasteiger partial charge in [-0.1, -0.05) is 30.3 Å². The minimum atomic E-state index is -0.0231. The molecule has 4 rings (SSSR count). The third-order valence-corrected chi connectivity index (χ3v) is 6.25. The van der Waals surface area contributed by atoms with Crippen LogP contribution in [0.5, 0.6) is 0 Å². The summed E-state index contributed by atoms with van der Waals surface area (Å²) in [4.78, 5) is 17.2. The van der Waals surface area contributed by atoms with Crippen molar-refractivity contribution < 1.29 is 14.3 Å². The first-order valence-electron chi connectivity index (χ1n) is 10.0. The first kappa shape index (κ1) is 18.0. The first-order chi connectivity index (χ1) is 12.7. The first-order valence-corrected chi connectivity index (χ1v) is 10.0. The number of rotatable bonds is 3. The van der Waals surface area contributed by atoms with Crippen LogP contribution < -0.4 is 0 Å². The fraction of sp³-hybridized carbons (Fsp3) is 0.667. The smallest absolute Gasteiger partial charge is 0.226 e. The average Bonchev–Trinajstić information content (AvgIpc) is 2.70. The van der Waals surface area contributed by atoms with Crippen molar-refractivity contribution in [1.29, 1.82) is 0 Å². The SMILES string of the molecule is O=C(Cc1ccccc1)N1CCC2(CC1)CC(N1CCOCC1)CCO2. The molecule has 142 valence electrons. The summed E-state index contributed by atoms with van der Waals surface area (Å²) in [7, 11) is 0. The van der Waals surface area contributed by atoms with E-state index in [0.29, 0.717) is 12.5 Å². The molecule has 3 fully saturated rings. The molecule has 0 N–H and O–H groups in total. The molecule has 1 amide bonds. The molecule has 0 saturated carbocycles. The van der Waals surface area contributed by atoms with E-state index in [4.69, 9.17) is 9.47 Å². The number of amides is 1. The van der Waals surface area contributed by atoms with Crippen LogP contribution in [-0.4, -0.2) is 73.3 Å². The van der Waals surface area contributed by atoms with Crippen LogP contribution in [0.25, 0.3) is 0 Å². The average molecular weight is 358 g/mol. The molecule has 3 heterocycles. The Morgan fingerprint density at radius 2 is 1.77 bits per heavy atom. The topological polar surface area (TPSA) is 42.0 Å². The van der Waals surface area contributed by atoms with E-state index < -0.39 is 0 Å². The maximum Gasteiger partial charge on any atom is 0.226 e. The van der Waals surface area contributed by atoms with Gasteiger partial charge in [0, 0.05) is 38.8 Å². The maximum atomic E-state index is 12.6. The molecular weight excluding hydrogens is 328 g/mol. The van der Waals surface area contributed by atoms with Crippen molar-refractivity contribution in [1.82, 2.24) is 9.80 Å². The van der Waals surface area contributed by atoms with Crippen LogP contribution in [0, 0.1) is 0 Å². The molecule has 5 heteroatoms. The lowest BCUT2D eigenvalue weighted by molar-refractivity contribution is -0.151. The summed E-state index contributed by atoms with van der Waals surface area (Å²) in [5.74, 6) is 0.242. The van der Waals surface area contributed by atoms with Gasteiger partial charge >= 0.3 is 0 Å². The molecule has 26 heavy (non-hydrogen) atoms. The number of likely N-dealkylation sites (tertiary alicyclic amines) is 1. The van der Waals surface area contributed by atoms with Crippen molar-refractivity contribution in [3.05, 3.63) is 35.9 Å². The predicted molar refractivity (Wildman–Crippen MR) is 100 cm³/mol. The molecule has 0 radical (unpaired) electrons. The predicted octanol–water partition coefficient (Wildman–Crippen LogP) is 2.10. The number of benzene rings is 1. The van der Waals surface area contributed by atoms with Gasteiger partial charge in [-0.05, 0) is 31.2 Å². The normalized spacial score (nSPS) is 26.8. The van der Waals surface area contributed by atoms with E-state index in [1.807, 2.05) is 35.2 Å². The summed E-state index contributed by atoms with van der Waals surface area (Å²) in [6.45, 7) is 6.28. The summed E-state index contributed by atoms with van der Waals surface area (Å²) in [5.41, 5.74) is 1.07. The summed E-state index contributed by atoms with van der Waals surface area (Å²) >= 11 is 0. The van der Waals surface area contributed by atoms with Crippen molar-refractivity contribution >= 4 is 5.91 Å². The lowest BCUT2D eigenvalue weighted by atomic mass is 9.81. The standard InChI is InChI=1S/C21H30N2O3/c24-20(16-18-4-2-1-3-5-18)23-9-7-21(8-10-23)17-19(6-13-26-21)22-11-14-25-15-12-22/h1-5,19H,6-17H2. The van der Waals surface area contributed by atoms with Crippen LogP contribution in [0.15, 0.2) is 30.3 Å². The molecule has 1 aromatic carbocycles. The molecule has 1 unspecified atom stereocenters. The quantitative estimate of drug-likeness (QED) is 0.830. The Bertz CT molecular complexity index is 593. The second kappa shape index (κ2) is 8.07. The van der Waals surface area contributed by atoms with Crippen molar-refractivity contribution in [3.63, 3.8) is 0 Å². The van der Waals surface area contributed by atoms with E-state index in [9.17, 15) is 4.79 Å². The summed E-state index contributed by atoms with van der Waals surface area (Å²) in [5, 5.41) is 0. The Labute approximate surface area is 156 Å². The molecule has 1 atom stereocenters. The maximum absolute atomic E-state index is 12.6. The van der Waals surface area contributed by atoms with Crippen LogP contribution in [-0.2, 0) is 20.7 Å². The molecule has 0 aliphatic carbocycles. The third-order valence-electron chi connectivity index (χ3n) is 6.25. The van der Waals surface area contributed by atoms with Gasteiger partial charge in [0.1, 0.15) is 0 Å². The third kappa shape index (κ3) is 4.11. The second-order valence-corrected chi connectivity index (χ2v) is 7.87. The van der Waals surface area contributed by atoms with E-state index in [1.165, 1.54) is 0 Å². The number of carbonyl (C=O) groups is 1. The number of nitrogens with zero attached hydrogens (tertiary/aromatic N) is 2. The lowest BCUT2D eigenvalue weighted by Gasteiger charge is -2.49. The van der Waals surface area contributed by atoms with Crippen LogP contribution >= 0.6 is 0 Å². The minimum absolute atomic E-state index is 0.0231. The van der Waals surface area contributed by atoms with Gasteiger partial charge in [-0.15, -0.1) is 0 Å². The van der Waals surface area contributed by atoms with Crippen molar-refractivity contribution in [2.45, 2.75) is 43.7 Å². The molecule has 0 bridgehead atoms. The molecule has 3 aliphatic heterocycles. The van der Waals surface area contributed by atoms with Gasteiger partial charge < -0.3 is 14.4 Å². The van der Waals surface area contributed by atoms with E-state index in [0.717, 1.165) is 77.2 Å². The highest BCUT2D eigenvalue weighted by atomic mass is 16.5. The summed E-state index contributed by atoms with van der Waals surface area (Å²) < 4.78 is 11.8. The van der Waals surface area contributed by atoms with Gasteiger partial charge in [0.05, 0.1) is 25.2 Å². The van der Waals surface area contributed by atoms with Crippen LogP contribution in [0.4, 0.5) is 0 Å². The van der Waals surface area contributed by atoms with E-state index in [2.05, 4.69) is 4.90 Å². The number of morpholine rings is 1. The Hall–Kier alpha value is -1.43. The molecule has 3 aliphatic rings. The Balaban J connectivity index is 1.31. The number of ether oxygens (including phenoxy) is 2. The number of piperidine rings is 1. The Morgan fingerprint density at radius 3 is 2.50 bits per heavy atom. The zero-order valence-electron chi connectivity index (χ0n) is 15.6. The molecule has 0 aromatic heterocycles. The minimum Gasteiger partial charge on any atom is -0.379 e. The molecule has 1 spiro atoms. The largest absolute Gasteiger partial charge is 0.379 e. The molecular formula is C21H30N2O3. The highest BCUT2D eigenvalue weighted by molar-refractivity contribution is 5.78. The zero-order valence-corrected chi connectivity index (χ0v) is 15.6. The Kier molecular flexibility index (Phi) is 5.57. The molecule has 3 saturated heterocycles. The van der Waals surface area contributed by atoms with Gasteiger partial charge in [0.15, 0.2) is 0 Å². The van der Waals surface area contributed by atoms with Crippen molar-refractivity contribution in [2.75, 3.05) is 46.0 Å². The van der Waals surface area contributed by atoms with Gasteiger partial charge in [-0.25, -0.2) is 0 Å². The Morgan fingerprint density at radius 1 is 1.04 bits per heavy atom. The fourth-order valence-corrected chi connectivity index (χ4v) is 4.65. The highest BCUT2D eigenvalue weighted by Gasteiger charge is 2.42. The fourth-order valence-electron chi connectivity index (χ4n) is 4.65. The van der Waals surface area contributed by atoms with E-state index in [-0.39, 0.29) is 11.5 Å². The van der Waals surface area contributed by atoms with Gasteiger partial charge in [-0.2, -0.15) is 0 Å². The lowest BCUT2D eigenvalue weighted by Crippen LogP contribution is -2.56. The van der Waals surface area contributed by atoms with Crippen LogP contribution in [0.1, 0.15) is 31.2 Å². The van der Waals surface area contributed by atoms with Crippen LogP contribution in [0.3, 0.4) is 0 Å².